The molecule has 0 atom stereocenters. The van der Waals surface area contributed by atoms with Gasteiger partial charge in [0.15, 0.2) is 0 Å². The maximum Gasteiger partial charge on any atom is 0.269 e. The SMILES string of the molecule is C/[N+]([O-])=N/Nc1ccc([N+](=O)[O-])cc1. The third-order valence-corrected chi connectivity index (χ3v) is 1.40. The number of hydrogen-bond donors (Lipinski definition) is 1. The summed E-state index contributed by atoms with van der Waals surface area (Å²) in [5.74, 6) is 0. The van der Waals surface area contributed by atoms with Gasteiger partial charge in [-0.05, 0) is 12.1 Å². The average Bonchev–Trinajstić information content (AvgIpc) is 2.15. The summed E-state index contributed by atoms with van der Waals surface area (Å²) in [7, 11) is 1.22. The van der Waals surface area contributed by atoms with Crippen LogP contribution in [0.4, 0.5) is 11.4 Å². The van der Waals surface area contributed by atoms with Crippen LogP contribution in [0.15, 0.2) is 29.5 Å². The van der Waals surface area contributed by atoms with Crippen LogP contribution in [0.5, 0.6) is 0 Å². The molecule has 7 nitrogen and oxygen atoms in total. The quantitative estimate of drug-likeness (QED) is 0.343. The van der Waals surface area contributed by atoms with Crippen LogP contribution in [-0.4, -0.2) is 16.8 Å². The van der Waals surface area contributed by atoms with Crippen molar-refractivity contribution >= 4 is 11.4 Å². The number of nitro benzene ring substituents is 1. The van der Waals surface area contributed by atoms with E-state index in [2.05, 4.69) is 10.6 Å². The summed E-state index contributed by atoms with van der Waals surface area (Å²) in [6.45, 7) is 0. The third kappa shape index (κ3) is 2.70. The smallest absolute Gasteiger partial charge is 0.269 e. The van der Waals surface area contributed by atoms with Crippen LogP contribution in [0.25, 0.3) is 0 Å². The second-order valence-electron chi connectivity index (χ2n) is 2.48. The predicted octanol–water partition coefficient (Wildman–Crippen LogP) is 1.51. The first kappa shape index (κ1) is 9.90. The molecule has 0 heterocycles. The first-order valence-corrected chi connectivity index (χ1v) is 3.71. The highest BCUT2D eigenvalue weighted by molar-refractivity contribution is 5.47. The molecule has 7 heteroatoms. The highest BCUT2D eigenvalue weighted by Gasteiger charge is 2.04. The number of anilines is 1. The largest absolute Gasteiger partial charge is 0.696 e. The lowest BCUT2D eigenvalue weighted by Gasteiger charge is -1.97. The van der Waals surface area contributed by atoms with Crippen molar-refractivity contribution in [3.05, 3.63) is 39.6 Å². The molecule has 0 bridgehead atoms. The summed E-state index contributed by atoms with van der Waals surface area (Å²) < 4.78 is 0. The van der Waals surface area contributed by atoms with Crippen molar-refractivity contribution in [2.24, 2.45) is 5.22 Å². The van der Waals surface area contributed by atoms with E-state index in [1.54, 1.807) is 0 Å². The summed E-state index contributed by atoms with van der Waals surface area (Å²) in [4.78, 5) is 10.1. The summed E-state index contributed by atoms with van der Waals surface area (Å²) in [5, 5.41) is 24.0. The molecule has 0 aromatic heterocycles. The van der Waals surface area contributed by atoms with Gasteiger partial charge in [-0.1, -0.05) is 0 Å². The highest BCUT2D eigenvalue weighted by atomic mass is 16.6. The molecule has 1 rings (SSSR count). The average molecular weight is 196 g/mol. The van der Waals surface area contributed by atoms with E-state index < -0.39 is 4.92 Å². The molecule has 0 spiro atoms. The molecule has 1 aromatic carbocycles. The van der Waals surface area contributed by atoms with Gasteiger partial charge in [-0.15, -0.1) is 5.43 Å². The zero-order valence-electron chi connectivity index (χ0n) is 7.38. The van der Waals surface area contributed by atoms with Gasteiger partial charge in [0.1, 0.15) is 12.7 Å². The van der Waals surface area contributed by atoms with Crippen LogP contribution in [-0.2, 0) is 0 Å². The maximum atomic E-state index is 10.4. The van der Waals surface area contributed by atoms with E-state index in [1.165, 1.54) is 31.3 Å². The number of hydroxylamine groups is 1. The fourth-order valence-corrected chi connectivity index (χ4v) is 0.786. The number of nitrogens with zero attached hydrogens (tertiary/aromatic N) is 3. The molecule has 1 aromatic rings. The normalized spacial score (nSPS) is 11.1. The Hall–Kier alpha value is -2.18. The second kappa shape index (κ2) is 4.17. The van der Waals surface area contributed by atoms with Gasteiger partial charge in [0.2, 0.25) is 0 Å². The van der Waals surface area contributed by atoms with Gasteiger partial charge < -0.3 is 5.21 Å². The topological polar surface area (TPSA) is 93.6 Å². The second-order valence-corrected chi connectivity index (χ2v) is 2.48. The van der Waals surface area contributed by atoms with Crippen molar-refractivity contribution in [1.29, 1.82) is 0 Å². The Labute approximate surface area is 79.4 Å². The van der Waals surface area contributed by atoms with E-state index in [0.717, 1.165) is 0 Å². The Bertz CT molecular complexity index is 356. The van der Waals surface area contributed by atoms with Gasteiger partial charge in [-0.25, -0.2) is 0 Å². The maximum absolute atomic E-state index is 10.4. The summed E-state index contributed by atoms with van der Waals surface area (Å²) in [5.41, 5.74) is 2.93. The van der Waals surface area contributed by atoms with Crippen LogP contribution in [0.3, 0.4) is 0 Å². The van der Waals surface area contributed by atoms with Gasteiger partial charge in [-0.2, -0.15) is 4.86 Å². The van der Waals surface area contributed by atoms with E-state index in [-0.39, 0.29) is 5.69 Å². The molecule has 0 saturated carbocycles. The molecule has 0 saturated heterocycles. The van der Waals surface area contributed by atoms with Gasteiger partial charge in [0, 0.05) is 12.1 Å². The molecular weight excluding hydrogens is 188 g/mol. The third-order valence-electron chi connectivity index (χ3n) is 1.40. The Morgan fingerprint density at radius 2 is 1.86 bits per heavy atom. The standard InChI is InChI=1S/C7H8N4O3/c1-10(12)9-8-6-2-4-7(5-3-6)11(13)14/h2-5,8H,1H3/b10-9-. The zero-order chi connectivity index (χ0) is 10.6. The number of rotatable bonds is 3. The molecule has 0 unspecified atom stereocenters. The van der Waals surface area contributed by atoms with Gasteiger partial charge in [0.05, 0.1) is 10.1 Å². The Balaban J connectivity index is 2.74. The van der Waals surface area contributed by atoms with Crippen molar-refractivity contribution in [3.8, 4) is 0 Å². The Morgan fingerprint density at radius 3 is 2.29 bits per heavy atom. The van der Waals surface area contributed by atoms with Crippen molar-refractivity contribution in [3.63, 3.8) is 0 Å². The van der Waals surface area contributed by atoms with Crippen LogP contribution in [0.2, 0.25) is 0 Å². The monoisotopic (exact) mass is 196 g/mol. The van der Waals surface area contributed by atoms with Crippen molar-refractivity contribution in [2.75, 3.05) is 12.5 Å². The molecule has 14 heavy (non-hydrogen) atoms. The van der Waals surface area contributed by atoms with E-state index in [4.69, 9.17) is 0 Å². The number of hydrogen-bond acceptors (Lipinski definition) is 4. The molecule has 0 aliphatic carbocycles. The summed E-state index contributed by atoms with van der Waals surface area (Å²) in [6, 6.07) is 5.57. The summed E-state index contributed by atoms with van der Waals surface area (Å²) >= 11 is 0. The lowest BCUT2D eigenvalue weighted by Crippen LogP contribution is -1.96. The van der Waals surface area contributed by atoms with Gasteiger partial charge >= 0.3 is 0 Å². The van der Waals surface area contributed by atoms with Crippen LogP contribution >= 0.6 is 0 Å². The predicted molar refractivity (Wildman–Crippen MR) is 48.7 cm³/mol. The number of nitrogens with one attached hydrogen (secondary N) is 1. The fourth-order valence-electron chi connectivity index (χ4n) is 0.786. The first-order valence-electron chi connectivity index (χ1n) is 3.71. The lowest BCUT2D eigenvalue weighted by molar-refractivity contribution is -0.497. The minimum atomic E-state index is -0.499. The highest BCUT2D eigenvalue weighted by Crippen LogP contribution is 2.14. The van der Waals surface area contributed by atoms with E-state index in [9.17, 15) is 15.3 Å². The molecule has 74 valence electrons. The molecule has 0 amide bonds. The van der Waals surface area contributed by atoms with Crippen molar-refractivity contribution in [2.45, 2.75) is 0 Å². The molecule has 1 N–H and O–H groups in total. The van der Waals surface area contributed by atoms with E-state index in [1.807, 2.05) is 0 Å². The van der Waals surface area contributed by atoms with Crippen molar-refractivity contribution in [1.82, 2.24) is 0 Å². The van der Waals surface area contributed by atoms with E-state index in [0.29, 0.717) is 10.5 Å². The van der Waals surface area contributed by atoms with Crippen LogP contribution < -0.4 is 5.43 Å². The first-order chi connectivity index (χ1) is 6.59. The van der Waals surface area contributed by atoms with Gasteiger partial charge in [0.25, 0.3) is 5.69 Å². The Morgan fingerprint density at radius 1 is 1.29 bits per heavy atom. The van der Waals surface area contributed by atoms with E-state index >= 15 is 0 Å². The number of nitro groups is 1. The fraction of sp³-hybridized carbons (Fsp3) is 0.143. The molecule has 0 radical (unpaired) electrons. The minimum absolute atomic E-state index is 0.00831. The van der Waals surface area contributed by atoms with Crippen LogP contribution in [0.1, 0.15) is 0 Å². The Kier molecular flexibility index (Phi) is 2.95. The number of benzene rings is 1. The minimum Gasteiger partial charge on any atom is -0.696 e. The van der Waals surface area contributed by atoms with Crippen LogP contribution in [0, 0.1) is 15.3 Å². The molecule has 0 aliphatic heterocycles. The zero-order valence-corrected chi connectivity index (χ0v) is 7.38. The molecule has 0 aliphatic rings. The lowest BCUT2D eigenvalue weighted by atomic mass is 10.3. The number of non-ortho nitro benzene ring substituents is 1. The molecular formula is C7H8N4O3. The summed E-state index contributed by atoms with van der Waals surface area (Å²) in [6.07, 6.45) is 0. The van der Waals surface area contributed by atoms with Gasteiger partial charge in [-0.3, -0.25) is 10.1 Å². The van der Waals surface area contributed by atoms with Crippen molar-refractivity contribution < 1.29 is 9.78 Å². The molecule has 0 fully saturated rings.